The van der Waals surface area contributed by atoms with Crippen molar-refractivity contribution in [2.75, 3.05) is 13.2 Å². The van der Waals surface area contributed by atoms with E-state index in [4.69, 9.17) is 9.84 Å². The maximum Gasteiger partial charge on any atom is 0.407 e. The number of hydrogen-bond donors (Lipinski definition) is 3. The van der Waals surface area contributed by atoms with Gasteiger partial charge in [-0.3, -0.25) is 9.59 Å². The first-order valence-electron chi connectivity index (χ1n) is 12.1. The van der Waals surface area contributed by atoms with E-state index >= 15 is 0 Å². The molecule has 3 aliphatic carbocycles. The fraction of sp³-hybridized carbons (Fsp3) is 0.444. The second kappa shape index (κ2) is 9.12. The van der Waals surface area contributed by atoms with E-state index in [1.54, 1.807) is 0 Å². The van der Waals surface area contributed by atoms with Crippen molar-refractivity contribution in [3.63, 3.8) is 0 Å². The molecule has 2 amide bonds. The first-order valence-corrected chi connectivity index (χ1v) is 12.1. The fourth-order valence-corrected chi connectivity index (χ4v) is 5.54. The average Bonchev–Trinajstić information content (AvgIpc) is 3.42. The molecule has 0 heterocycles. The van der Waals surface area contributed by atoms with Gasteiger partial charge in [-0.15, -0.1) is 0 Å². The SMILES string of the molecule is O=C(O)C[C@@H]1CCC[C@H]1NC(=O)C1(CNC(=O)OCC2c3ccccc3-c3ccccc32)CC1. The van der Waals surface area contributed by atoms with Crippen LogP contribution in [-0.4, -0.2) is 42.3 Å². The van der Waals surface area contributed by atoms with Gasteiger partial charge in [-0.2, -0.15) is 0 Å². The lowest BCUT2D eigenvalue weighted by atomic mass is 9.98. The minimum atomic E-state index is -0.829. The van der Waals surface area contributed by atoms with Gasteiger partial charge in [0, 0.05) is 18.5 Å². The second-order valence-electron chi connectivity index (χ2n) is 9.83. The summed E-state index contributed by atoms with van der Waals surface area (Å²) in [6.45, 7) is 0.462. The number of carbonyl (C=O) groups excluding carboxylic acids is 2. The highest BCUT2D eigenvalue weighted by Crippen LogP contribution is 2.46. The number of carboxylic acid groups (broad SMARTS) is 1. The molecule has 34 heavy (non-hydrogen) atoms. The van der Waals surface area contributed by atoms with E-state index in [1.807, 2.05) is 24.3 Å². The fourth-order valence-electron chi connectivity index (χ4n) is 5.54. The molecule has 3 aliphatic rings. The molecule has 2 fully saturated rings. The van der Waals surface area contributed by atoms with Crippen LogP contribution < -0.4 is 10.6 Å². The third kappa shape index (κ3) is 4.39. The van der Waals surface area contributed by atoms with Gasteiger partial charge in [0.2, 0.25) is 5.91 Å². The zero-order chi connectivity index (χ0) is 23.7. The van der Waals surface area contributed by atoms with Crippen LogP contribution in [0.25, 0.3) is 11.1 Å². The van der Waals surface area contributed by atoms with E-state index in [0.29, 0.717) is 12.8 Å². The summed E-state index contributed by atoms with van der Waals surface area (Å²) in [6, 6.07) is 16.3. The molecule has 0 aromatic heterocycles. The summed E-state index contributed by atoms with van der Waals surface area (Å²) in [5.74, 6) is -0.949. The van der Waals surface area contributed by atoms with Gasteiger partial charge in [-0.25, -0.2) is 4.79 Å². The minimum absolute atomic E-state index is 0.00938. The molecule has 7 nitrogen and oxygen atoms in total. The molecule has 2 atom stereocenters. The first-order chi connectivity index (χ1) is 16.5. The monoisotopic (exact) mass is 462 g/mol. The van der Waals surface area contributed by atoms with Crippen LogP contribution in [0.2, 0.25) is 0 Å². The van der Waals surface area contributed by atoms with E-state index < -0.39 is 17.5 Å². The van der Waals surface area contributed by atoms with Gasteiger partial charge in [-0.05, 0) is 53.9 Å². The average molecular weight is 463 g/mol. The normalized spacial score (nSPS) is 21.9. The lowest BCUT2D eigenvalue weighted by Crippen LogP contribution is -2.46. The molecule has 178 valence electrons. The van der Waals surface area contributed by atoms with Crippen molar-refractivity contribution in [1.29, 1.82) is 0 Å². The number of aliphatic carboxylic acids is 1. The number of fused-ring (bicyclic) bond motifs is 3. The number of ether oxygens (including phenoxy) is 1. The Morgan fingerprint density at radius 3 is 2.24 bits per heavy atom. The second-order valence-corrected chi connectivity index (χ2v) is 9.83. The van der Waals surface area contributed by atoms with Crippen molar-refractivity contribution in [3.05, 3.63) is 59.7 Å². The molecule has 0 spiro atoms. The summed E-state index contributed by atoms with van der Waals surface area (Å²) in [5.41, 5.74) is 4.05. The van der Waals surface area contributed by atoms with Gasteiger partial charge in [0.05, 0.1) is 11.8 Å². The maximum atomic E-state index is 12.9. The molecule has 2 aromatic rings. The summed E-state index contributed by atoms with van der Waals surface area (Å²) in [7, 11) is 0. The number of nitrogens with one attached hydrogen (secondary N) is 2. The van der Waals surface area contributed by atoms with E-state index in [0.717, 1.165) is 30.4 Å². The Balaban J connectivity index is 1.14. The predicted octanol–water partition coefficient (Wildman–Crippen LogP) is 4.06. The molecular formula is C27H30N2O5. The highest BCUT2D eigenvalue weighted by Gasteiger charge is 2.51. The van der Waals surface area contributed by atoms with Crippen LogP contribution in [0.5, 0.6) is 0 Å². The Labute approximate surface area is 198 Å². The Bertz CT molecular complexity index is 1060. The zero-order valence-electron chi connectivity index (χ0n) is 19.1. The van der Waals surface area contributed by atoms with E-state index in [-0.39, 0.29) is 43.4 Å². The standard InChI is InChI=1S/C27H30N2O5/c30-24(31)14-17-6-5-11-23(17)29-25(32)27(12-13-27)16-28-26(33)34-15-22-20-9-3-1-7-18(20)19-8-2-4-10-21(19)22/h1-4,7-10,17,22-23H,5-6,11-16H2,(H,28,33)(H,29,32)(H,30,31)/t17-,23+/m0/s1. The number of amides is 2. The van der Waals surface area contributed by atoms with E-state index in [2.05, 4.69) is 34.9 Å². The quantitative estimate of drug-likeness (QED) is 0.549. The van der Waals surface area contributed by atoms with Gasteiger partial charge < -0.3 is 20.5 Å². The van der Waals surface area contributed by atoms with Crippen LogP contribution in [0.1, 0.15) is 55.6 Å². The van der Waals surface area contributed by atoms with Crippen molar-refractivity contribution in [2.45, 2.75) is 50.5 Å². The number of rotatable bonds is 8. The minimum Gasteiger partial charge on any atom is -0.481 e. The number of carboxylic acids is 1. The summed E-state index contributed by atoms with van der Waals surface area (Å²) < 4.78 is 5.59. The van der Waals surface area contributed by atoms with Gasteiger partial charge >= 0.3 is 12.1 Å². The van der Waals surface area contributed by atoms with Crippen LogP contribution in [0.3, 0.4) is 0 Å². The third-order valence-electron chi connectivity index (χ3n) is 7.66. The summed E-state index contributed by atoms with van der Waals surface area (Å²) in [5, 5.41) is 15.0. The summed E-state index contributed by atoms with van der Waals surface area (Å²) in [4.78, 5) is 36.5. The third-order valence-corrected chi connectivity index (χ3v) is 7.66. The maximum absolute atomic E-state index is 12.9. The van der Waals surface area contributed by atoms with E-state index in [1.165, 1.54) is 11.1 Å². The number of hydrogen-bond acceptors (Lipinski definition) is 4. The van der Waals surface area contributed by atoms with Gasteiger partial charge in [0.1, 0.15) is 6.61 Å². The molecule has 7 heteroatoms. The molecule has 0 bridgehead atoms. The molecular weight excluding hydrogens is 432 g/mol. The summed E-state index contributed by atoms with van der Waals surface area (Å²) >= 11 is 0. The molecule has 5 rings (SSSR count). The number of alkyl carbamates (subject to hydrolysis) is 1. The molecule has 0 unspecified atom stereocenters. The largest absolute Gasteiger partial charge is 0.481 e. The highest BCUT2D eigenvalue weighted by molar-refractivity contribution is 5.86. The zero-order valence-corrected chi connectivity index (χ0v) is 19.1. The molecule has 0 aliphatic heterocycles. The lowest BCUT2D eigenvalue weighted by Gasteiger charge is -2.23. The van der Waals surface area contributed by atoms with Crippen molar-refractivity contribution in [3.8, 4) is 11.1 Å². The molecule has 2 aromatic carbocycles. The topological polar surface area (TPSA) is 105 Å². The van der Waals surface area contributed by atoms with Gasteiger partial charge in [0.25, 0.3) is 0 Å². The Morgan fingerprint density at radius 1 is 0.971 bits per heavy atom. The van der Waals surface area contributed by atoms with Crippen molar-refractivity contribution in [1.82, 2.24) is 10.6 Å². The molecule has 0 saturated heterocycles. The highest BCUT2D eigenvalue weighted by atomic mass is 16.5. The van der Waals surface area contributed by atoms with E-state index in [9.17, 15) is 14.4 Å². The van der Waals surface area contributed by atoms with Crippen molar-refractivity contribution >= 4 is 18.0 Å². The smallest absolute Gasteiger partial charge is 0.407 e. The predicted molar refractivity (Wildman–Crippen MR) is 126 cm³/mol. The van der Waals surface area contributed by atoms with Crippen LogP contribution in [0.4, 0.5) is 4.79 Å². The first kappa shape index (κ1) is 22.4. The van der Waals surface area contributed by atoms with Crippen LogP contribution in [0.15, 0.2) is 48.5 Å². The van der Waals surface area contributed by atoms with Crippen LogP contribution in [0, 0.1) is 11.3 Å². The number of benzene rings is 2. The van der Waals surface area contributed by atoms with Gasteiger partial charge in [-0.1, -0.05) is 55.0 Å². The van der Waals surface area contributed by atoms with Crippen LogP contribution >= 0.6 is 0 Å². The number of carbonyl (C=O) groups is 3. The Kier molecular flexibility index (Phi) is 6.02. The lowest BCUT2D eigenvalue weighted by molar-refractivity contribution is -0.138. The van der Waals surface area contributed by atoms with Crippen molar-refractivity contribution in [2.24, 2.45) is 11.3 Å². The van der Waals surface area contributed by atoms with Crippen LogP contribution in [-0.2, 0) is 14.3 Å². The Hall–Kier alpha value is -3.35. The van der Waals surface area contributed by atoms with Crippen molar-refractivity contribution < 1.29 is 24.2 Å². The molecule has 2 saturated carbocycles. The molecule has 0 radical (unpaired) electrons. The van der Waals surface area contributed by atoms with Gasteiger partial charge in [0.15, 0.2) is 0 Å². The Morgan fingerprint density at radius 2 is 1.62 bits per heavy atom. The summed E-state index contributed by atoms with van der Waals surface area (Å²) in [6.07, 6.45) is 3.52. The molecule has 3 N–H and O–H groups in total.